The molecular weight excluding hydrogens is 312 g/mol. The van der Waals surface area contributed by atoms with Gasteiger partial charge in [0, 0.05) is 18.0 Å². The van der Waals surface area contributed by atoms with E-state index in [-0.39, 0.29) is 11.8 Å². The maximum absolute atomic E-state index is 12.1. The van der Waals surface area contributed by atoms with Gasteiger partial charge in [-0.15, -0.1) is 11.3 Å². The van der Waals surface area contributed by atoms with E-state index in [2.05, 4.69) is 17.6 Å². The zero-order valence-electron chi connectivity index (χ0n) is 14.9. The molecule has 0 spiro atoms. The maximum Gasteiger partial charge on any atom is 0.407 e. The van der Waals surface area contributed by atoms with Gasteiger partial charge in [0.25, 0.3) is 5.91 Å². The van der Waals surface area contributed by atoms with Crippen LogP contribution in [0.3, 0.4) is 0 Å². The van der Waals surface area contributed by atoms with Crippen LogP contribution in [0.4, 0.5) is 4.79 Å². The second-order valence-corrected chi connectivity index (χ2v) is 7.91. The summed E-state index contributed by atoms with van der Waals surface area (Å²) in [7, 11) is 0. The monoisotopic (exact) mass is 340 g/mol. The summed E-state index contributed by atoms with van der Waals surface area (Å²) in [5.41, 5.74) is 0.664. The molecule has 1 rings (SSSR count). The van der Waals surface area contributed by atoms with Gasteiger partial charge in [0.15, 0.2) is 0 Å². The molecule has 0 saturated heterocycles. The average Bonchev–Trinajstić information content (AvgIpc) is 2.82. The van der Waals surface area contributed by atoms with Gasteiger partial charge in [-0.05, 0) is 51.7 Å². The predicted molar refractivity (Wildman–Crippen MR) is 94.2 cm³/mol. The summed E-state index contributed by atoms with van der Waals surface area (Å²) in [6.45, 7) is 12.5. The van der Waals surface area contributed by atoms with Gasteiger partial charge >= 0.3 is 6.09 Å². The highest BCUT2D eigenvalue weighted by Crippen LogP contribution is 2.22. The van der Waals surface area contributed by atoms with E-state index in [4.69, 9.17) is 4.74 Å². The van der Waals surface area contributed by atoms with Gasteiger partial charge in [-0.3, -0.25) is 4.79 Å². The first-order chi connectivity index (χ1) is 10.6. The van der Waals surface area contributed by atoms with E-state index in [0.29, 0.717) is 13.1 Å². The molecule has 1 heterocycles. The molecule has 0 aliphatic rings. The number of carbonyl (C=O) groups excluding carboxylic acids is 2. The number of hydrogen-bond donors (Lipinski definition) is 2. The van der Waals surface area contributed by atoms with Crippen molar-refractivity contribution in [3.8, 4) is 0 Å². The van der Waals surface area contributed by atoms with Crippen molar-refractivity contribution in [1.29, 1.82) is 0 Å². The quantitative estimate of drug-likeness (QED) is 0.833. The molecule has 2 amide bonds. The van der Waals surface area contributed by atoms with Gasteiger partial charge < -0.3 is 15.4 Å². The van der Waals surface area contributed by atoms with Crippen molar-refractivity contribution in [2.24, 2.45) is 5.92 Å². The van der Waals surface area contributed by atoms with E-state index in [0.717, 1.165) is 11.3 Å². The lowest BCUT2D eigenvalue weighted by atomic mass is 10.2. The van der Waals surface area contributed by atoms with Gasteiger partial charge in [0.05, 0.1) is 4.88 Å². The minimum absolute atomic E-state index is 0.0538. The van der Waals surface area contributed by atoms with Crippen LogP contribution >= 0.6 is 11.3 Å². The van der Waals surface area contributed by atoms with Crippen molar-refractivity contribution in [2.45, 2.75) is 53.6 Å². The zero-order chi connectivity index (χ0) is 17.6. The molecule has 6 heteroatoms. The van der Waals surface area contributed by atoms with Crippen LogP contribution in [0.2, 0.25) is 0 Å². The Morgan fingerprint density at radius 1 is 1.26 bits per heavy atom. The molecule has 0 aliphatic carbocycles. The van der Waals surface area contributed by atoms with Gasteiger partial charge in [-0.1, -0.05) is 13.8 Å². The minimum Gasteiger partial charge on any atom is -0.444 e. The molecule has 0 aliphatic heterocycles. The summed E-state index contributed by atoms with van der Waals surface area (Å²) in [4.78, 5) is 25.7. The summed E-state index contributed by atoms with van der Waals surface area (Å²) < 4.78 is 5.18. The van der Waals surface area contributed by atoms with E-state index in [9.17, 15) is 9.59 Å². The fourth-order valence-corrected chi connectivity index (χ4v) is 3.01. The number of thiophene rings is 1. The Morgan fingerprint density at radius 2 is 1.87 bits per heavy atom. The highest BCUT2D eigenvalue weighted by Gasteiger charge is 2.17. The summed E-state index contributed by atoms with van der Waals surface area (Å²) in [5.74, 6) is 0.0695. The van der Waals surface area contributed by atoms with Crippen LogP contribution in [0.25, 0.3) is 0 Å². The van der Waals surface area contributed by atoms with Crippen molar-refractivity contribution >= 4 is 23.3 Å². The Kier molecular flexibility index (Phi) is 7.06. The topological polar surface area (TPSA) is 67.4 Å². The highest BCUT2D eigenvalue weighted by atomic mass is 32.1. The lowest BCUT2D eigenvalue weighted by molar-refractivity contribution is 0.0520. The molecule has 0 fully saturated rings. The van der Waals surface area contributed by atoms with Crippen molar-refractivity contribution in [2.75, 3.05) is 13.1 Å². The number of amides is 2. The molecular formula is C17H28N2O3S. The average molecular weight is 340 g/mol. The Morgan fingerprint density at radius 3 is 2.39 bits per heavy atom. The lowest BCUT2D eigenvalue weighted by Crippen LogP contribution is -2.38. The number of nitrogens with one attached hydrogen (secondary N) is 2. The molecule has 2 N–H and O–H groups in total. The first kappa shape index (κ1) is 19.5. The Labute approximate surface area is 142 Å². The summed E-state index contributed by atoms with van der Waals surface area (Å²) in [5, 5.41) is 5.63. The number of hydrogen-bond acceptors (Lipinski definition) is 4. The second kappa shape index (κ2) is 8.34. The van der Waals surface area contributed by atoms with Gasteiger partial charge in [0.2, 0.25) is 0 Å². The normalized spacial score (nSPS) is 12.6. The van der Waals surface area contributed by atoms with Crippen LogP contribution in [0.15, 0.2) is 6.07 Å². The van der Waals surface area contributed by atoms with Crippen LogP contribution in [-0.4, -0.2) is 30.7 Å². The lowest BCUT2D eigenvalue weighted by Gasteiger charge is -2.20. The number of aryl methyl sites for hydroxylation is 2. The van der Waals surface area contributed by atoms with Crippen LogP contribution in [0, 0.1) is 12.8 Å². The number of rotatable bonds is 6. The van der Waals surface area contributed by atoms with Gasteiger partial charge in [-0.25, -0.2) is 4.79 Å². The third-order valence-electron chi connectivity index (χ3n) is 3.17. The molecule has 1 atom stereocenters. The van der Waals surface area contributed by atoms with Gasteiger partial charge in [-0.2, -0.15) is 0 Å². The fraction of sp³-hybridized carbons (Fsp3) is 0.647. The Bertz CT molecular complexity index is 547. The molecule has 0 saturated carbocycles. The molecule has 0 bridgehead atoms. The highest BCUT2D eigenvalue weighted by molar-refractivity contribution is 7.14. The Hall–Kier alpha value is -1.56. The van der Waals surface area contributed by atoms with Crippen molar-refractivity contribution < 1.29 is 14.3 Å². The molecule has 23 heavy (non-hydrogen) atoms. The molecule has 0 aromatic carbocycles. The largest absolute Gasteiger partial charge is 0.444 e. The first-order valence-electron chi connectivity index (χ1n) is 7.96. The van der Waals surface area contributed by atoms with Crippen LogP contribution in [-0.2, 0) is 11.2 Å². The molecule has 0 unspecified atom stereocenters. The molecule has 130 valence electrons. The van der Waals surface area contributed by atoms with E-state index < -0.39 is 11.7 Å². The zero-order valence-corrected chi connectivity index (χ0v) is 15.7. The van der Waals surface area contributed by atoms with Crippen LogP contribution in [0.1, 0.15) is 54.7 Å². The summed E-state index contributed by atoms with van der Waals surface area (Å²) >= 11 is 1.54. The van der Waals surface area contributed by atoms with E-state index in [1.165, 1.54) is 10.4 Å². The third-order valence-corrected chi connectivity index (χ3v) is 4.55. The van der Waals surface area contributed by atoms with Gasteiger partial charge in [0.1, 0.15) is 5.60 Å². The van der Waals surface area contributed by atoms with Crippen LogP contribution < -0.4 is 10.6 Å². The first-order valence-corrected chi connectivity index (χ1v) is 8.78. The van der Waals surface area contributed by atoms with Crippen molar-refractivity contribution in [3.63, 3.8) is 0 Å². The van der Waals surface area contributed by atoms with Crippen LogP contribution in [0.5, 0.6) is 0 Å². The molecule has 0 radical (unpaired) electrons. The SMILES string of the molecule is CCc1sc(C(=O)NC[C@@H](C)CNC(=O)OC(C)(C)C)cc1C. The summed E-state index contributed by atoms with van der Waals surface area (Å²) in [6.07, 6.45) is 0.511. The fourth-order valence-electron chi connectivity index (χ4n) is 1.98. The Balaban J connectivity index is 2.36. The number of carbonyl (C=O) groups is 2. The second-order valence-electron chi connectivity index (χ2n) is 6.77. The number of alkyl carbamates (subject to hydrolysis) is 1. The standard InChI is InChI=1S/C17H28N2O3S/c1-7-13-12(3)8-14(23-13)15(20)18-9-11(2)10-19-16(21)22-17(4,5)6/h8,11H,7,9-10H2,1-6H3,(H,18,20)(H,19,21)/t11-/m1/s1. The summed E-state index contributed by atoms with van der Waals surface area (Å²) in [6, 6.07) is 1.93. The van der Waals surface area contributed by atoms with Crippen molar-refractivity contribution in [3.05, 3.63) is 21.4 Å². The van der Waals surface area contributed by atoms with Crippen molar-refractivity contribution in [1.82, 2.24) is 10.6 Å². The molecule has 5 nitrogen and oxygen atoms in total. The predicted octanol–water partition coefficient (Wildman–Crippen LogP) is 3.51. The smallest absolute Gasteiger partial charge is 0.407 e. The maximum atomic E-state index is 12.1. The van der Waals surface area contributed by atoms with E-state index in [1.54, 1.807) is 11.3 Å². The number of ether oxygens (including phenoxy) is 1. The van der Waals surface area contributed by atoms with E-state index >= 15 is 0 Å². The molecule has 1 aromatic heterocycles. The minimum atomic E-state index is -0.504. The molecule has 1 aromatic rings. The third kappa shape index (κ3) is 7.03. The van der Waals surface area contributed by atoms with E-state index in [1.807, 2.05) is 40.7 Å².